The summed E-state index contributed by atoms with van der Waals surface area (Å²) in [6, 6.07) is 10.8. The minimum Gasteiger partial charge on any atom is -0.308 e. The van der Waals surface area contributed by atoms with Crippen LogP contribution < -0.4 is 5.32 Å². The third kappa shape index (κ3) is 2.83. The second-order valence-electron chi connectivity index (χ2n) is 4.69. The molecular formula is C16H16N2S. The quantitative estimate of drug-likeness (QED) is 0.776. The van der Waals surface area contributed by atoms with Gasteiger partial charge >= 0.3 is 0 Å². The largest absolute Gasteiger partial charge is 0.308 e. The summed E-state index contributed by atoms with van der Waals surface area (Å²) in [6.07, 6.45) is 3.75. The molecule has 3 aromatic rings. The number of rotatable bonds is 4. The van der Waals surface area contributed by atoms with Gasteiger partial charge in [0.15, 0.2) is 0 Å². The van der Waals surface area contributed by atoms with Crippen LogP contribution in [0.15, 0.2) is 48.1 Å². The van der Waals surface area contributed by atoms with Gasteiger partial charge in [0, 0.05) is 35.7 Å². The van der Waals surface area contributed by atoms with Crippen molar-refractivity contribution in [2.75, 3.05) is 0 Å². The molecule has 0 radical (unpaired) electrons. The minimum absolute atomic E-state index is 0.898. The first-order valence-electron chi connectivity index (χ1n) is 6.39. The van der Waals surface area contributed by atoms with E-state index < -0.39 is 0 Å². The van der Waals surface area contributed by atoms with Crippen LogP contribution in [0.3, 0.4) is 0 Å². The number of pyridine rings is 1. The molecule has 0 saturated heterocycles. The highest BCUT2D eigenvalue weighted by Crippen LogP contribution is 2.16. The zero-order valence-corrected chi connectivity index (χ0v) is 11.7. The van der Waals surface area contributed by atoms with Crippen molar-refractivity contribution in [1.82, 2.24) is 10.3 Å². The SMILES string of the molecule is Cc1ccsc1CNCc1ccc2cnccc2c1. The second kappa shape index (κ2) is 5.51. The van der Waals surface area contributed by atoms with Gasteiger partial charge in [0.2, 0.25) is 0 Å². The van der Waals surface area contributed by atoms with E-state index in [0.29, 0.717) is 0 Å². The molecular weight excluding hydrogens is 252 g/mol. The molecule has 2 nitrogen and oxygen atoms in total. The Kier molecular flexibility index (Phi) is 3.58. The summed E-state index contributed by atoms with van der Waals surface area (Å²) in [4.78, 5) is 5.56. The number of aryl methyl sites for hydroxylation is 1. The minimum atomic E-state index is 0.898. The Balaban J connectivity index is 1.67. The van der Waals surface area contributed by atoms with Crippen LogP contribution in [-0.4, -0.2) is 4.98 Å². The van der Waals surface area contributed by atoms with E-state index in [1.165, 1.54) is 26.8 Å². The monoisotopic (exact) mass is 268 g/mol. The molecule has 0 saturated carbocycles. The van der Waals surface area contributed by atoms with Crippen LogP contribution >= 0.6 is 11.3 Å². The first-order chi connectivity index (χ1) is 9.33. The maximum atomic E-state index is 4.13. The van der Waals surface area contributed by atoms with E-state index in [-0.39, 0.29) is 0 Å². The van der Waals surface area contributed by atoms with Gasteiger partial charge in [0.25, 0.3) is 0 Å². The molecule has 0 aliphatic rings. The summed E-state index contributed by atoms with van der Waals surface area (Å²) in [5.74, 6) is 0. The highest BCUT2D eigenvalue weighted by Gasteiger charge is 2.00. The van der Waals surface area contributed by atoms with Crippen LogP contribution in [-0.2, 0) is 13.1 Å². The Morgan fingerprint density at radius 2 is 2.05 bits per heavy atom. The summed E-state index contributed by atoms with van der Waals surface area (Å²) in [7, 11) is 0. The Labute approximate surface area is 117 Å². The van der Waals surface area contributed by atoms with E-state index >= 15 is 0 Å². The van der Waals surface area contributed by atoms with E-state index in [4.69, 9.17) is 0 Å². The molecule has 0 bridgehead atoms. The fourth-order valence-corrected chi connectivity index (χ4v) is 3.02. The highest BCUT2D eigenvalue weighted by atomic mass is 32.1. The molecule has 19 heavy (non-hydrogen) atoms. The number of hydrogen-bond acceptors (Lipinski definition) is 3. The highest BCUT2D eigenvalue weighted by molar-refractivity contribution is 7.10. The Hall–Kier alpha value is -1.71. The molecule has 0 aliphatic heterocycles. The van der Waals surface area contributed by atoms with E-state index in [1.807, 2.05) is 23.7 Å². The molecule has 2 heterocycles. The van der Waals surface area contributed by atoms with Crippen molar-refractivity contribution in [3.8, 4) is 0 Å². The standard InChI is InChI=1S/C16H16N2S/c1-12-5-7-19-16(12)11-18-9-13-2-3-15-10-17-6-4-14(15)8-13/h2-8,10,18H,9,11H2,1H3. The zero-order valence-electron chi connectivity index (χ0n) is 10.9. The maximum Gasteiger partial charge on any atom is 0.0346 e. The van der Waals surface area contributed by atoms with Crippen molar-refractivity contribution in [3.63, 3.8) is 0 Å². The number of aromatic nitrogens is 1. The summed E-state index contributed by atoms with van der Waals surface area (Å²) < 4.78 is 0. The van der Waals surface area contributed by atoms with Crippen LogP contribution in [0.4, 0.5) is 0 Å². The summed E-state index contributed by atoms with van der Waals surface area (Å²) in [5.41, 5.74) is 2.69. The number of fused-ring (bicyclic) bond motifs is 1. The van der Waals surface area contributed by atoms with Crippen molar-refractivity contribution in [1.29, 1.82) is 0 Å². The maximum absolute atomic E-state index is 4.13. The number of benzene rings is 1. The lowest BCUT2D eigenvalue weighted by atomic mass is 10.1. The van der Waals surface area contributed by atoms with Crippen LogP contribution in [0, 0.1) is 6.92 Å². The molecule has 3 rings (SSSR count). The van der Waals surface area contributed by atoms with Crippen LogP contribution in [0.1, 0.15) is 16.0 Å². The van der Waals surface area contributed by atoms with Crippen LogP contribution in [0.5, 0.6) is 0 Å². The first-order valence-corrected chi connectivity index (χ1v) is 7.27. The van der Waals surface area contributed by atoms with Gasteiger partial charge < -0.3 is 5.32 Å². The molecule has 96 valence electrons. The molecule has 0 spiro atoms. The lowest BCUT2D eigenvalue weighted by Gasteiger charge is -2.06. The molecule has 0 fully saturated rings. The molecule has 2 aromatic heterocycles. The van der Waals surface area contributed by atoms with Gasteiger partial charge in [-0.1, -0.05) is 12.1 Å². The van der Waals surface area contributed by atoms with Gasteiger partial charge in [-0.25, -0.2) is 0 Å². The summed E-state index contributed by atoms with van der Waals surface area (Å²) in [5, 5.41) is 8.10. The smallest absolute Gasteiger partial charge is 0.0346 e. The fraction of sp³-hybridized carbons (Fsp3) is 0.188. The van der Waals surface area contributed by atoms with Gasteiger partial charge in [-0.15, -0.1) is 11.3 Å². The lowest BCUT2D eigenvalue weighted by molar-refractivity contribution is 0.699. The fourth-order valence-electron chi connectivity index (χ4n) is 2.15. The number of hydrogen-bond donors (Lipinski definition) is 1. The molecule has 3 heteroatoms. The van der Waals surface area contributed by atoms with Crippen molar-refractivity contribution < 1.29 is 0 Å². The first kappa shape index (κ1) is 12.3. The molecule has 0 unspecified atom stereocenters. The van der Waals surface area contributed by atoms with Crippen LogP contribution in [0.25, 0.3) is 10.8 Å². The van der Waals surface area contributed by atoms with Gasteiger partial charge in [-0.3, -0.25) is 4.98 Å². The topological polar surface area (TPSA) is 24.9 Å². The molecule has 0 aliphatic carbocycles. The van der Waals surface area contributed by atoms with E-state index in [1.54, 1.807) is 0 Å². The summed E-state index contributed by atoms with van der Waals surface area (Å²) in [6.45, 7) is 4.00. The number of nitrogens with zero attached hydrogens (tertiary/aromatic N) is 1. The average molecular weight is 268 g/mol. The van der Waals surface area contributed by atoms with Crippen molar-refractivity contribution >= 4 is 22.1 Å². The number of nitrogens with one attached hydrogen (secondary N) is 1. The average Bonchev–Trinajstić information content (AvgIpc) is 2.84. The van der Waals surface area contributed by atoms with Gasteiger partial charge in [-0.2, -0.15) is 0 Å². The van der Waals surface area contributed by atoms with Crippen molar-refractivity contribution in [2.24, 2.45) is 0 Å². The van der Waals surface area contributed by atoms with Crippen molar-refractivity contribution in [3.05, 3.63) is 64.1 Å². The zero-order chi connectivity index (χ0) is 13.1. The number of thiophene rings is 1. The molecule has 0 amide bonds. The second-order valence-corrected chi connectivity index (χ2v) is 5.69. The van der Waals surface area contributed by atoms with E-state index in [9.17, 15) is 0 Å². The van der Waals surface area contributed by atoms with Crippen molar-refractivity contribution in [2.45, 2.75) is 20.0 Å². The third-order valence-corrected chi connectivity index (χ3v) is 4.31. The van der Waals surface area contributed by atoms with E-state index in [0.717, 1.165) is 13.1 Å². The predicted octanol–water partition coefficient (Wildman–Crippen LogP) is 3.89. The summed E-state index contributed by atoms with van der Waals surface area (Å²) >= 11 is 1.82. The van der Waals surface area contributed by atoms with E-state index in [2.05, 4.69) is 52.9 Å². The molecule has 1 N–H and O–H groups in total. The van der Waals surface area contributed by atoms with Crippen LogP contribution in [0.2, 0.25) is 0 Å². The van der Waals surface area contributed by atoms with Gasteiger partial charge in [0.1, 0.15) is 0 Å². The Morgan fingerprint density at radius 3 is 2.89 bits per heavy atom. The third-order valence-electron chi connectivity index (χ3n) is 3.29. The Morgan fingerprint density at radius 1 is 1.11 bits per heavy atom. The predicted molar refractivity (Wildman–Crippen MR) is 81.3 cm³/mol. The normalized spacial score (nSPS) is 11.0. The lowest BCUT2D eigenvalue weighted by Crippen LogP contribution is -2.12. The molecule has 0 atom stereocenters. The van der Waals surface area contributed by atoms with Gasteiger partial charge in [0.05, 0.1) is 0 Å². The van der Waals surface area contributed by atoms with Gasteiger partial charge in [-0.05, 0) is 47.0 Å². The molecule has 1 aromatic carbocycles. The Bertz CT molecular complexity index is 688.